The molecule has 1 aromatic rings. The highest BCUT2D eigenvalue weighted by molar-refractivity contribution is 5.59. The number of rotatable bonds is 3. The molecule has 1 saturated heterocycles. The standard InChI is InChI=1S/C18H26N2O/c1-18(7-8-18)13-4-3-9-20(12-13)17-11-19-16-6-5-14(21-2)10-15(16)17/h5-6,10,13,17,19H,3-4,7-9,11-12H2,1-2H3. The molecule has 0 amide bonds. The molecule has 21 heavy (non-hydrogen) atoms. The molecule has 2 atom stereocenters. The number of benzene rings is 1. The Kier molecular flexibility index (Phi) is 3.14. The highest BCUT2D eigenvalue weighted by Crippen LogP contribution is 2.54. The first kappa shape index (κ1) is 13.4. The van der Waals surface area contributed by atoms with Crippen LogP contribution in [0.3, 0.4) is 0 Å². The van der Waals surface area contributed by atoms with Gasteiger partial charge in [0.05, 0.1) is 13.2 Å². The number of likely N-dealkylation sites (tertiary alicyclic amines) is 1. The van der Waals surface area contributed by atoms with Crippen LogP contribution in [-0.2, 0) is 0 Å². The Balaban J connectivity index is 1.55. The molecule has 2 fully saturated rings. The van der Waals surface area contributed by atoms with Crippen LogP contribution in [0.4, 0.5) is 5.69 Å². The molecule has 1 aliphatic carbocycles. The van der Waals surface area contributed by atoms with E-state index in [4.69, 9.17) is 4.74 Å². The second-order valence-electron chi connectivity index (χ2n) is 7.34. The molecular formula is C18H26N2O. The number of nitrogens with one attached hydrogen (secondary N) is 1. The molecular weight excluding hydrogens is 260 g/mol. The van der Waals surface area contributed by atoms with Crippen molar-refractivity contribution < 1.29 is 4.74 Å². The molecule has 2 aliphatic heterocycles. The van der Waals surface area contributed by atoms with Crippen LogP contribution in [0.2, 0.25) is 0 Å². The Morgan fingerprint density at radius 2 is 2.19 bits per heavy atom. The summed E-state index contributed by atoms with van der Waals surface area (Å²) in [5.74, 6) is 1.88. The highest BCUT2D eigenvalue weighted by Gasteiger charge is 2.46. The summed E-state index contributed by atoms with van der Waals surface area (Å²) in [5.41, 5.74) is 3.37. The molecule has 0 aromatic heterocycles. The maximum Gasteiger partial charge on any atom is 0.119 e. The molecule has 2 heterocycles. The van der Waals surface area contributed by atoms with E-state index in [1.165, 1.54) is 50.0 Å². The number of ether oxygens (including phenoxy) is 1. The van der Waals surface area contributed by atoms with Gasteiger partial charge in [-0.05, 0) is 67.3 Å². The second-order valence-corrected chi connectivity index (χ2v) is 7.34. The normalized spacial score (nSPS) is 30.6. The zero-order valence-electron chi connectivity index (χ0n) is 13.2. The molecule has 0 radical (unpaired) electrons. The lowest BCUT2D eigenvalue weighted by molar-refractivity contribution is 0.0977. The Labute approximate surface area is 127 Å². The summed E-state index contributed by atoms with van der Waals surface area (Å²) in [6.07, 6.45) is 5.67. The van der Waals surface area contributed by atoms with Gasteiger partial charge in [-0.25, -0.2) is 0 Å². The van der Waals surface area contributed by atoms with Gasteiger partial charge in [0.25, 0.3) is 0 Å². The van der Waals surface area contributed by atoms with E-state index in [9.17, 15) is 0 Å². The highest BCUT2D eigenvalue weighted by atomic mass is 16.5. The summed E-state index contributed by atoms with van der Waals surface area (Å²) in [6, 6.07) is 6.97. The average molecular weight is 286 g/mol. The Hall–Kier alpha value is -1.22. The lowest BCUT2D eigenvalue weighted by atomic mass is 9.83. The molecule has 1 aromatic carbocycles. The van der Waals surface area contributed by atoms with Crippen molar-refractivity contribution in [2.24, 2.45) is 11.3 Å². The number of hydrogen-bond acceptors (Lipinski definition) is 3. The van der Waals surface area contributed by atoms with Crippen molar-refractivity contribution in [3.05, 3.63) is 23.8 Å². The molecule has 0 spiro atoms. The van der Waals surface area contributed by atoms with Gasteiger partial charge >= 0.3 is 0 Å². The van der Waals surface area contributed by atoms with Gasteiger partial charge in [-0.2, -0.15) is 0 Å². The first-order chi connectivity index (χ1) is 10.2. The quantitative estimate of drug-likeness (QED) is 0.917. The molecule has 114 valence electrons. The molecule has 4 rings (SSSR count). The van der Waals surface area contributed by atoms with Crippen LogP contribution in [-0.4, -0.2) is 31.6 Å². The Morgan fingerprint density at radius 1 is 1.33 bits per heavy atom. The maximum atomic E-state index is 5.41. The van der Waals surface area contributed by atoms with Crippen LogP contribution in [0.5, 0.6) is 5.75 Å². The van der Waals surface area contributed by atoms with Crippen molar-refractivity contribution >= 4 is 5.69 Å². The third-order valence-electron chi connectivity index (χ3n) is 6.02. The summed E-state index contributed by atoms with van der Waals surface area (Å²) >= 11 is 0. The third-order valence-corrected chi connectivity index (χ3v) is 6.02. The summed E-state index contributed by atoms with van der Waals surface area (Å²) in [5, 5.41) is 3.57. The third kappa shape index (κ3) is 2.32. The molecule has 0 bridgehead atoms. The van der Waals surface area contributed by atoms with Crippen molar-refractivity contribution in [1.82, 2.24) is 4.90 Å². The fourth-order valence-corrected chi connectivity index (χ4v) is 4.21. The first-order valence-electron chi connectivity index (χ1n) is 8.35. The molecule has 2 unspecified atom stereocenters. The molecule has 1 N–H and O–H groups in total. The van der Waals surface area contributed by atoms with E-state index in [1.54, 1.807) is 7.11 Å². The average Bonchev–Trinajstić information content (AvgIpc) is 3.14. The zero-order chi connectivity index (χ0) is 14.4. The molecule has 3 heteroatoms. The number of hydrogen-bond donors (Lipinski definition) is 1. The summed E-state index contributed by atoms with van der Waals surface area (Å²) in [4.78, 5) is 2.72. The monoisotopic (exact) mass is 286 g/mol. The van der Waals surface area contributed by atoms with Gasteiger partial charge in [0, 0.05) is 18.8 Å². The van der Waals surface area contributed by atoms with Crippen molar-refractivity contribution in [3.8, 4) is 5.75 Å². The van der Waals surface area contributed by atoms with Crippen molar-refractivity contribution in [2.75, 3.05) is 32.1 Å². The van der Waals surface area contributed by atoms with Crippen LogP contribution in [0.1, 0.15) is 44.2 Å². The largest absolute Gasteiger partial charge is 0.497 e. The van der Waals surface area contributed by atoms with Crippen LogP contribution >= 0.6 is 0 Å². The maximum absolute atomic E-state index is 5.41. The fourth-order valence-electron chi connectivity index (χ4n) is 4.21. The minimum Gasteiger partial charge on any atom is -0.497 e. The van der Waals surface area contributed by atoms with Crippen LogP contribution in [0, 0.1) is 11.3 Å². The van der Waals surface area contributed by atoms with Gasteiger partial charge < -0.3 is 10.1 Å². The van der Waals surface area contributed by atoms with Crippen LogP contribution in [0.15, 0.2) is 18.2 Å². The van der Waals surface area contributed by atoms with Gasteiger partial charge in [-0.3, -0.25) is 4.90 Å². The zero-order valence-corrected chi connectivity index (χ0v) is 13.2. The van der Waals surface area contributed by atoms with Crippen LogP contribution < -0.4 is 10.1 Å². The SMILES string of the molecule is COc1ccc2c(c1)C(N1CCCC(C3(C)CC3)C1)CN2. The van der Waals surface area contributed by atoms with E-state index in [2.05, 4.69) is 35.3 Å². The van der Waals surface area contributed by atoms with E-state index < -0.39 is 0 Å². The summed E-state index contributed by atoms with van der Waals surface area (Å²) in [7, 11) is 1.75. The van der Waals surface area contributed by atoms with Gasteiger partial charge in [0.2, 0.25) is 0 Å². The molecule has 3 aliphatic rings. The predicted molar refractivity (Wildman–Crippen MR) is 85.9 cm³/mol. The van der Waals surface area contributed by atoms with Gasteiger partial charge in [0.1, 0.15) is 5.75 Å². The van der Waals surface area contributed by atoms with E-state index in [0.717, 1.165) is 18.2 Å². The number of nitrogens with zero attached hydrogens (tertiary/aromatic N) is 1. The fraction of sp³-hybridized carbons (Fsp3) is 0.667. The summed E-state index contributed by atoms with van der Waals surface area (Å²) in [6.45, 7) is 6.06. The van der Waals surface area contributed by atoms with E-state index in [1.807, 2.05) is 0 Å². The number of anilines is 1. The minimum absolute atomic E-state index is 0.528. The lowest BCUT2D eigenvalue weighted by Crippen LogP contribution is -2.41. The molecule has 3 nitrogen and oxygen atoms in total. The van der Waals surface area contributed by atoms with E-state index >= 15 is 0 Å². The summed E-state index contributed by atoms with van der Waals surface area (Å²) < 4.78 is 5.41. The van der Waals surface area contributed by atoms with Gasteiger partial charge in [-0.15, -0.1) is 0 Å². The van der Waals surface area contributed by atoms with Crippen LogP contribution in [0.25, 0.3) is 0 Å². The minimum atomic E-state index is 0.528. The van der Waals surface area contributed by atoms with Crippen molar-refractivity contribution in [2.45, 2.75) is 38.6 Å². The van der Waals surface area contributed by atoms with Gasteiger partial charge in [-0.1, -0.05) is 6.92 Å². The molecule has 1 saturated carbocycles. The smallest absolute Gasteiger partial charge is 0.119 e. The second kappa shape index (κ2) is 4.91. The lowest BCUT2D eigenvalue weighted by Gasteiger charge is -2.39. The van der Waals surface area contributed by atoms with Gasteiger partial charge in [0.15, 0.2) is 0 Å². The van der Waals surface area contributed by atoms with Crippen molar-refractivity contribution in [3.63, 3.8) is 0 Å². The Bertz CT molecular complexity index is 538. The van der Waals surface area contributed by atoms with E-state index in [-0.39, 0.29) is 0 Å². The first-order valence-corrected chi connectivity index (χ1v) is 8.35. The van der Waals surface area contributed by atoms with Crippen molar-refractivity contribution in [1.29, 1.82) is 0 Å². The predicted octanol–water partition coefficient (Wildman–Crippen LogP) is 3.67. The van der Waals surface area contributed by atoms with E-state index in [0.29, 0.717) is 11.5 Å². The number of methoxy groups -OCH3 is 1. The Morgan fingerprint density at radius 3 is 2.95 bits per heavy atom. The number of fused-ring (bicyclic) bond motifs is 1. The number of piperidine rings is 1. The topological polar surface area (TPSA) is 24.5 Å².